The highest BCUT2D eigenvalue weighted by molar-refractivity contribution is 6.35. The van der Waals surface area contributed by atoms with Crippen LogP contribution in [0.5, 0.6) is 5.75 Å². The number of benzene rings is 2. The standard InChI is InChI=1S/C24H26Cl2N4O2/c1-14-27-28-15(2)30(14)17-5-7-19(8-6-17)32-24-21-10-16(25)11-22(26)20(21)12-23(24)29-9-3-4-18(31)13-29/h5-8,10-11,18,23-24,31H,3-4,9,12-13H2,1-2H3/t18-,23+,24-/m1/s1. The molecule has 0 unspecified atom stereocenters. The molecule has 1 aromatic heterocycles. The number of hydrogen-bond donors (Lipinski definition) is 1. The van der Waals surface area contributed by atoms with Crippen molar-refractivity contribution in [1.82, 2.24) is 19.7 Å². The number of rotatable bonds is 4. The molecule has 0 bridgehead atoms. The van der Waals surface area contributed by atoms with Gasteiger partial charge in [-0.15, -0.1) is 10.2 Å². The molecule has 1 aliphatic carbocycles. The molecule has 2 heterocycles. The van der Waals surface area contributed by atoms with Crippen molar-refractivity contribution in [2.45, 2.75) is 51.4 Å². The summed E-state index contributed by atoms with van der Waals surface area (Å²) in [5.74, 6) is 2.46. The number of fused-ring (bicyclic) bond motifs is 1. The van der Waals surface area contributed by atoms with Crippen molar-refractivity contribution in [3.05, 3.63) is 69.2 Å². The van der Waals surface area contributed by atoms with Crippen LogP contribution in [-0.4, -0.2) is 50.0 Å². The first kappa shape index (κ1) is 21.7. The number of β-amino-alcohol motifs (C(OH)–C–C–N with tert-alkyl or cyclic N) is 1. The number of hydrogen-bond acceptors (Lipinski definition) is 5. The van der Waals surface area contributed by atoms with Crippen molar-refractivity contribution in [2.24, 2.45) is 0 Å². The van der Waals surface area contributed by atoms with Gasteiger partial charge in [0, 0.05) is 27.8 Å². The molecule has 8 heteroatoms. The fourth-order valence-electron chi connectivity index (χ4n) is 5.03. The lowest BCUT2D eigenvalue weighted by Gasteiger charge is -2.37. The number of aryl methyl sites for hydroxylation is 2. The minimum Gasteiger partial charge on any atom is -0.484 e. The molecule has 3 aromatic rings. The SMILES string of the molecule is Cc1nnc(C)n1-c1ccc(O[C@@H]2c3cc(Cl)cc(Cl)c3C[C@@H]2N2CCC[C@@H](O)C2)cc1. The largest absolute Gasteiger partial charge is 0.484 e. The van der Waals surface area contributed by atoms with E-state index in [9.17, 15) is 5.11 Å². The van der Waals surface area contributed by atoms with Gasteiger partial charge in [0.25, 0.3) is 0 Å². The molecule has 0 radical (unpaired) electrons. The summed E-state index contributed by atoms with van der Waals surface area (Å²) in [4.78, 5) is 2.33. The fraction of sp³-hybridized carbons (Fsp3) is 0.417. The average Bonchev–Trinajstić information content (AvgIpc) is 3.29. The molecule has 1 saturated heterocycles. The molecule has 168 valence electrons. The predicted octanol–water partition coefficient (Wildman–Crippen LogP) is 4.69. The second-order valence-electron chi connectivity index (χ2n) is 8.68. The van der Waals surface area contributed by atoms with Gasteiger partial charge in [0.15, 0.2) is 0 Å². The van der Waals surface area contributed by atoms with Crippen molar-refractivity contribution in [3.63, 3.8) is 0 Å². The Morgan fingerprint density at radius 1 is 1.06 bits per heavy atom. The number of aliphatic hydroxyl groups excluding tert-OH is 1. The second kappa shape index (κ2) is 8.67. The Hall–Kier alpha value is -2.12. The van der Waals surface area contributed by atoms with E-state index in [1.807, 2.05) is 48.7 Å². The number of likely N-dealkylation sites (tertiary alicyclic amines) is 1. The highest BCUT2D eigenvalue weighted by Gasteiger charge is 2.40. The summed E-state index contributed by atoms with van der Waals surface area (Å²) in [6, 6.07) is 11.8. The van der Waals surface area contributed by atoms with Crippen LogP contribution in [0.2, 0.25) is 10.0 Å². The zero-order valence-corrected chi connectivity index (χ0v) is 19.6. The minimum atomic E-state index is -0.304. The second-order valence-corrected chi connectivity index (χ2v) is 9.52. The molecule has 2 aromatic carbocycles. The summed E-state index contributed by atoms with van der Waals surface area (Å²) in [6.07, 6.45) is 2.08. The van der Waals surface area contributed by atoms with Gasteiger partial charge in [0.1, 0.15) is 23.5 Å². The molecule has 0 amide bonds. The van der Waals surface area contributed by atoms with E-state index in [4.69, 9.17) is 27.9 Å². The summed E-state index contributed by atoms with van der Waals surface area (Å²) >= 11 is 12.9. The molecule has 1 fully saturated rings. The van der Waals surface area contributed by atoms with Gasteiger partial charge in [-0.25, -0.2) is 0 Å². The molecular formula is C24H26Cl2N4O2. The van der Waals surface area contributed by atoms with Crippen LogP contribution >= 0.6 is 23.2 Å². The van der Waals surface area contributed by atoms with E-state index in [1.165, 1.54) is 0 Å². The Bertz CT molecular complexity index is 1110. The summed E-state index contributed by atoms with van der Waals surface area (Å²) in [7, 11) is 0. The maximum absolute atomic E-state index is 10.3. The highest BCUT2D eigenvalue weighted by Crippen LogP contribution is 2.43. The lowest BCUT2D eigenvalue weighted by atomic mass is 10.0. The highest BCUT2D eigenvalue weighted by atomic mass is 35.5. The lowest BCUT2D eigenvalue weighted by Crippen LogP contribution is -2.47. The van der Waals surface area contributed by atoms with Crippen molar-refractivity contribution >= 4 is 23.2 Å². The van der Waals surface area contributed by atoms with E-state index in [2.05, 4.69) is 15.1 Å². The number of piperidine rings is 1. The maximum atomic E-state index is 10.3. The first-order valence-electron chi connectivity index (χ1n) is 11.0. The third-order valence-electron chi connectivity index (χ3n) is 6.51. The Morgan fingerprint density at radius 2 is 1.78 bits per heavy atom. The predicted molar refractivity (Wildman–Crippen MR) is 125 cm³/mol. The number of halogens is 2. The molecule has 2 aliphatic rings. The van der Waals surface area contributed by atoms with Crippen LogP contribution in [0.1, 0.15) is 41.7 Å². The van der Waals surface area contributed by atoms with Gasteiger partial charge < -0.3 is 9.84 Å². The minimum absolute atomic E-state index is 0.0953. The van der Waals surface area contributed by atoms with E-state index in [0.717, 1.165) is 60.0 Å². The van der Waals surface area contributed by atoms with Gasteiger partial charge in [-0.2, -0.15) is 0 Å². The summed E-state index contributed by atoms with van der Waals surface area (Å²) < 4.78 is 8.57. The van der Waals surface area contributed by atoms with E-state index >= 15 is 0 Å². The quantitative estimate of drug-likeness (QED) is 0.596. The first-order valence-corrected chi connectivity index (χ1v) is 11.7. The van der Waals surface area contributed by atoms with E-state index in [0.29, 0.717) is 16.6 Å². The zero-order valence-electron chi connectivity index (χ0n) is 18.1. The summed E-state index contributed by atoms with van der Waals surface area (Å²) in [5, 5.41) is 19.8. The number of ether oxygens (including phenoxy) is 1. The molecule has 32 heavy (non-hydrogen) atoms. The Balaban J connectivity index is 1.45. The van der Waals surface area contributed by atoms with Crippen molar-refractivity contribution in [3.8, 4) is 11.4 Å². The van der Waals surface area contributed by atoms with Crippen LogP contribution in [0.15, 0.2) is 36.4 Å². The topological polar surface area (TPSA) is 63.4 Å². The normalized spacial score (nSPS) is 23.3. The van der Waals surface area contributed by atoms with Crippen molar-refractivity contribution in [1.29, 1.82) is 0 Å². The van der Waals surface area contributed by atoms with Crippen LogP contribution in [-0.2, 0) is 6.42 Å². The van der Waals surface area contributed by atoms with Gasteiger partial charge in [-0.05, 0) is 81.6 Å². The van der Waals surface area contributed by atoms with E-state index in [-0.39, 0.29) is 18.2 Å². The molecule has 6 nitrogen and oxygen atoms in total. The Labute approximate surface area is 197 Å². The van der Waals surface area contributed by atoms with Gasteiger partial charge in [0.2, 0.25) is 0 Å². The zero-order chi connectivity index (χ0) is 22.4. The number of nitrogens with zero attached hydrogens (tertiary/aromatic N) is 4. The van der Waals surface area contributed by atoms with E-state index in [1.54, 1.807) is 6.07 Å². The third kappa shape index (κ3) is 4.01. The molecule has 0 spiro atoms. The number of aliphatic hydroxyl groups is 1. The average molecular weight is 473 g/mol. The van der Waals surface area contributed by atoms with E-state index < -0.39 is 0 Å². The fourth-order valence-corrected chi connectivity index (χ4v) is 5.61. The smallest absolute Gasteiger partial charge is 0.140 e. The van der Waals surface area contributed by atoms with Crippen LogP contribution in [0.4, 0.5) is 0 Å². The first-order chi connectivity index (χ1) is 15.4. The molecular weight excluding hydrogens is 447 g/mol. The van der Waals surface area contributed by atoms with Crippen LogP contribution in [0, 0.1) is 13.8 Å². The lowest BCUT2D eigenvalue weighted by molar-refractivity contribution is 0.0112. The number of aromatic nitrogens is 3. The molecule has 5 rings (SSSR count). The van der Waals surface area contributed by atoms with Crippen LogP contribution < -0.4 is 4.74 Å². The van der Waals surface area contributed by atoms with Crippen molar-refractivity contribution in [2.75, 3.05) is 13.1 Å². The third-order valence-corrected chi connectivity index (χ3v) is 7.06. The Kier molecular flexibility index (Phi) is 5.88. The molecule has 1 N–H and O–H groups in total. The van der Waals surface area contributed by atoms with Crippen LogP contribution in [0.25, 0.3) is 5.69 Å². The molecule has 3 atom stereocenters. The monoisotopic (exact) mass is 472 g/mol. The molecule has 1 aliphatic heterocycles. The van der Waals surface area contributed by atoms with Gasteiger partial charge >= 0.3 is 0 Å². The molecule has 0 saturated carbocycles. The van der Waals surface area contributed by atoms with Gasteiger partial charge in [-0.1, -0.05) is 23.2 Å². The summed E-state index contributed by atoms with van der Waals surface area (Å²) in [5.41, 5.74) is 3.10. The Morgan fingerprint density at radius 3 is 2.47 bits per heavy atom. The van der Waals surface area contributed by atoms with Gasteiger partial charge in [-0.3, -0.25) is 9.47 Å². The van der Waals surface area contributed by atoms with Gasteiger partial charge in [0.05, 0.1) is 12.1 Å². The maximum Gasteiger partial charge on any atom is 0.140 e. The van der Waals surface area contributed by atoms with Crippen LogP contribution in [0.3, 0.4) is 0 Å². The summed E-state index contributed by atoms with van der Waals surface area (Å²) in [6.45, 7) is 5.46. The van der Waals surface area contributed by atoms with Crippen molar-refractivity contribution < 1.29 is 9.84 Å².